The standard InChI is InChI=1S/C14H12N6OS2/c1-8-17-18-14(23-8)22-7-9-6-12(21)20(19-9)13-15-10-4-2-3-5-11(10)16-13/h2-6,19H,7H2,1H3,(H,15,16). The lowest BCUT2D eigenvalue weighted by molar-refractivity contribution is 0.789. The fraction of sp³-hybridized carbons (Fsp3) is 0.143. The number of hydrogen-bond donors (Lipinski definition) is 2. The van der Waals surface area contributed by atoms with Crippen molar-refractivity contribution in [2.24, 2.45) is 0 Å². The fourth-order valence-electron chi connectivity index (χ4n) is 2.20. The second-order valence-electron chi connectivity index (χ2n) is 4.91. The molecule has 0 saturated heterocycles. The molecule has 9 heteroatoms. The van der Waals surface area contributed by atoms with Gasteiger partial charge in [-0.05, 0) is 19.1 Å². The highest BCUT2D eigenvalue weighted by molar-refractivity contribution is 8.00. The first-order valence-corrected chi connectivity index (χ1v) is 8.68. The second-order valence-corrected chi connectivity index (χ2v) is 7.31. The Morgan fingerprint density at radius 2 is 2.17 bits per heavy atom. The van der Waals surface area contributed by atoms with Crippen molar-refractivity contribution in [3.63, 3.8) is 0 Å². The van der Waals surface area contributed by atoms with Gasteiger partial charge in [-0.2, -0.15) is 4.68 Å². The molecule has 0 atom stereocenters. The lowest BCUT2D eigenvalue weighted by Gasteiger charge is -1.96. The zero-order valence-corrected chi connectivity index (χ0v) is 13.7. The molecule has 0 fully saturated rings. The number of nitrogens with zero attached hydrogens (tertiary/aromatic N) is 4. The number of aryl methyl sites for hydroxylation is 1. The van der Waals surface area contributed by atoms with Gasteiger partial charge in [0, 0.05) is 17.5 Å². The third kappa shape index (κ3) is 2.80. The van der Waals surface area contributed by atoms with Gasteiger partial charge in [-0.1, -0.05) is 35.2 Å². The quantitative estimate of drug-likeness (QED) is 0.555. The molecule has 1 aromatic carbocycles. The molecule has 0 saturated carbocycles. The maximum atomic E-state index is 12.2. The number of imidazole rings is 1. The molecule has 23 heavy (non-hydrogen) atoms. The van der Waals surface area contributed by atoms with Crippen molar-refractivity contribution in [1.82, 2.24) is 29.9 Å². The topological polar surface area (TPSA) is 92.2 Å². The van der Waals surface area contributed by atoms with E-state index in [1.54, 1.807) is 29.2 Å². The van der Waals surface area contributed by atoms with Gasteiger partial charge >= 0.3 is 0 Å². The molecule has 7 nitrogen and oxygen atoms in total. The molecule has 3 aromatic heterocycles. The normalized spacial score (nSPS) is 11.3. The van der Waals surface area contributed by atoms with E-state index in [-0.39, 0.29) is 5.56 Å². The van der Waals surface area contributed by atoms with Crippen LogP contribution in [0, 0.1) is 6.92 Å². The number of hydrogen-bond acceptors (Lipinski definition) is 6. The Kier molecular flexibility index (Phi) is 3.50. The number of thioether (sulfide) groups is 1. The summed E-state index contributed by atoms with van der Waals surface area (Å²) in [6, 6.07) is 9.24. The van der Waals surface area contributed by atoms with Crippen LogP contribution in [-0.4, -0.2) is 29.9 Å². The Hall–Kier alpha value is -2.39. The summed E-state index contributed by atoms with van der Waals surface area (Å²) in [7, 11) is 0. The van der Waals surface area contributed by atoms with Crippen molar-refractivity contribution in [3.8, 4) is 5.95 Å². The number of aromatic amines is 2. The van der Waals surface area contributed by atoms with Crippen LogP contribution in [0.2, 0.25) is 0 Å². The Balaban J connectivity index is 1.60. The molecule has 0 aliphatic heterocycles. The number of fused-ring (bicyclic) bond motifs is 1. The molecule has 0 aliphatic rings. The van der Waals surface area contributed by atoms with E-state index in [0.29, 0.717) is 11.7 Å². The Morgan fingerprint density at radius 1 is 1.30 bits per heavy atom. The van der Waals surface area contributed by atoms with Crippen molar-refractivity contribution < 1.29 is 0 Å². The molecule has 0 spiro atoms. The van der Waals surface area contributed by atoms with E-state index in [2.05, 4.69) is 25.3 Å². The zero-order chi connectivity index (χ0) is 15.8. The summed E-state index contributed by atoms with van der Waals surface area (Å²) < 4.78 is 2.31. The predicted octanol–water partition coefficient (Wildman–Crippen LogP) is 2.49. The van der Waals surface area contributed by atoms with Gasteiger partial charge in [0.25, 0.3) is 5.56 Å². The third-order valence-corrected chi connectivity index (χ3v) is 5.24. The summed E-state index contributed by atoms with van der Waals surface area (Å²) in [6.07, 6.45) is 0. The second kappa shape index (κ2) is 5.67. The van der Waals surface area contributed by atoms with Crippen LogP contribution in [0.25, 0.3) is 17.0 Å². The minimum Gasteiger partial charge on any atom is -0.322 e. The van der Waals surface area contributed by atoms with E-state index >= 15 is 0 Å². The molecular weight excluding hydrogens is 332 g/mol. The highest BCUT2D eigenvalue weighted by atomic mass is 32.2. The molecule has 2 N–H and O–H groups in total. The van der Waals surface area contributed by atoms with E-state index in [4.69, 9.17) is 0 Å². The lowest BCUT2D eigenvalue weighted by Crippen LogP contribution is -2.14. The first-order valence-electron chi connectivity index (χ1n) is 6.88. The Morgan fingerprint density at radius 3 is 2.96 bits per heavy atom. The summed E-state index contributed by atoms with van der Waals surface area (Å²) in [5.41, 5.74) is 2.38. The van der Waals surface area contributed by atoms with Crippen LogP contribution in [0.15, 0.2) is 39.5 Å². The number of benzene rings is 1. The first kappa shape index (κ1) is 14.2. The summed E-state index contributed by atoms with van der Waals surface area (Å²) in [6.45, 7) is 1.92. The number of para-hydroxylation sites is 2. The zero-order valence-electron chi connectivity index (χ0n) is 12.1. The lowest BCUT2D eigenvalue weighted by atomic mass is 10.3. The molecule has 0 amide bonds. The van der Waals surface area contributed by atoms with Crippen molar-refractivity contribution in [2.45, 2.75) is 17.0 Å². The van der Waals surface area contributed by atoms with E-state index in [1.807, 2.05) is 31.2 Å². The minimum atomic E-state index is -0.145. The molecule has 0 bridgehead atoms. The molecule has 0 aliphatic carbocycles. The number of nitrogens with one attached hydrogen (secondary N) is 2. The first-order chi connectivity index (χ1) is 11.2. The smallest absolute Gasteiger partial charge is 0.274 e. The van der Waals surface area contributed by atoms with Crippen LogP contribution in [0.3, 0.4) is 0 Å². The van der Waals surface area contributed by atoms with E-state index in [1.165, 1.54) is 4.68 Å². The predicted molar refractivity (Wildman–Crippen MR) is 90.2 cm³/mol. The van der Waals surface area contributed by atoms with Crippen LogP contribution in [0.1, 0.15) is 10.7 Å². The summed E-state index contributed by atoms with van der Waals surface area (Å²) in [5.74, 6) is 1.11. The minimum absolute atomic E-state index is 0.145. The van der Waals surface area contributed by atoms with Crippen molar-refractivity contribution in [3.05, 3.63) is 51.4 Å². The molecule has 116 valence electrons. The SMILES string of the molecule is Cc1nnc(SCc2cc(=O)n(-c3nc4ccccc4[nH]3)[nH]2)s1. The van der Waals surface area contributed by atoms with Crippen LogP contribution in [0.4, 0.5) is 0 Å². The van der Waals surface area contributed by atoms with E-state index in [9.17, 15) is 4.79 Å². The van der Waals surface area contributed by atoms with Gasteiger partial charge in [-0.25, -0.2) is 4.98 Å². The number of aromatic nitrogens is 6. The molecule has 4 rings (SSSR count). The van der Waals surface area contributed by atoms with Gasteiger partial charge in [0.05, 0.1) is 11.0 Å². The maximum absolute atomic E-state index is 12.2. The van der Waals surface area contributed by atoms with Gasteiger partial charge in [0.1, 0.15) is 5.01 Å². The van der Waals surface area contributed by atoms with Gasteiger partial charge in [-0.3, -0.25) is 9.89 Å². The summed E-state index contributed by atoms with van der Waals surface area (Å²) in [4.78, 5) is 19.7. The van der Waals surface area contributed by atoms with Crippen molar-refractivity contribution >= 4 is 34.1 Å². The third-order valence-electron chi connectivity index (χ3n) is 3.22. The van der Waals surface area contributed by atoms with Gasteiger partial charge in [-0.15, -0.1) is 10.2 Å². The Bertz CT molecular complexity index is 994. The van der Waals surface area contributed by atoms with Crippen LogP contribution >= 0.6 is 23.1 Å². The number of rotatable bonds is 4. The fourth-order valence-corrected chi connectivity index (χ4v) is 3.91. The molecule has 0 unspecified atom stereocenters. The monoisotopic (exact) mass is 344 g/mol. The van der Waals surface area contributed by atoms with Gasteiger partial charge in [0.15, 0.2) is 4.34 Å². The highest BCUT2D eigenvalue weighted by Gasteiger charge is 2.10. The highest BCUT2D eigenvalue weighted by Crippen LogP contribution is 2.24. The van der Waals surface area contributed by atoms with Crippen LogP contribution < -0.4 is 5.56 Å². The maximum Gasteiger partial charge on any atom is 0.274 e. The van der Waals surface area contributed by atoms with E-state index < -0.39 is 0 Å². The van der Waals surface area contributed by atoms with Gasteiger partial charge < -0.3 is 4.98 Å². The van der Waals surface area contributed by atoms with Crippen molar-refractivity contribution in [2.75, 3.05) is 0 Å². The number of H-pyrrole nitrogens is 2. The molecule has 4 aromatic rings. The van der Waals surface area contributed by atoms with E-state index in [0.717, 1.165) is 26.1 Å². The average molecular weight is 344 g/mol. The average Bonchev–Trinajstić information content (AvgIpc) is 3.23. The molecular formula is C14H12N6OS2. The van der Waals surface area contributed by atoms with Crippen LogP contribution in [-0.2, 0) is 5.75 Å². The summed E-state index contributed by atoms with van der Waals surface area (Å²) >= 11 is 3.09. The van der Waals surface area contributed by atoms with Gasteiger partial charge in [0.2, 0.25) is 5.95 Å². The summed E-state index contributed by atoms with van der Waals surface area (Å²) in [5, 5.41) is 12.1. The molecule has 3 heterocycles. The van der Waals surface area contributed by atoms with Crippen LogP contribution in [0.5, 0.6) is 0 Å². The Labute approximate surface area is 138 Å². The largest absolute Gasteiger partial charge is 0.322 e. The molecule has 0 radical (unpaired) electrons. The van der Waals surface area contributed by atoms with Crippen molar-refractivity contribution in [1.29, 1.82) is 0 Å².